The number of nitrogens with zero attached hydrogens (tertiary/aromatic N) is 2. The molecule has 9 aromatic rings. The number of aromatic nitrogens is 1. The van der Waals surface area contributed by atoms with E-state index in [0.717, 1.165) is 22.7 Å². The van der Waals surface area contributed by atoms with Gasteiger partial charge in [0.1, 0.15) is 0 Å². The molecule has 10 rings (SSSR count). The summed E-state index contributed by atoms with van der Waals surface area (Å²) >= 11 is 0. The first-order valence-electron chi connectivity index (χ1n) is 17.8. The van der Waals surface area contributed by atoms with Crippen LogP contribution in [0, 0.1) is 0 Å². The molecular weight excluding hydrogens is 617 g/mol. The predicted octanol–water partition coefficient (Wildman–Crippen LogP) is 13.4. The van der Waals surface area contributed by atoms with Crippen LogP contribution in [0.25, 0.3) is 60.5 Å². The summed E-state index contributed by atoms with van der Waals surface area (Å²) in [6.07, 6.45) is 0. The fourth-order valence-electron chi connectivity index (χ4n) is 8.57. The van der Waals surface area contributed by atoms with Crippen LogP contribution in [0.4, 0.5) is 17.1 Å². The van der Waals surface area contributed by atoms with Gasteiger partial charge in [0.2, 0.25) is 0 Å². The maximum absolute atomic E-state index is 2.49. The van der Waals surface area contributed by atoms with Gasteiger partial charge in [0.15, 0.2) is 0 Å². The van der Waals surface area contributed by atoms with E-state index in [-0.39, 0.29) is 5.41 Å². The zero-order valence-corrected chi connectivity index (χ0v) is 28.7. The van der Waals surface area contributed by atoms with Crippen molar-refractivity contribution < 1.29 is 0 Å². The third-order valence-electron chi connectivity index (χ3n) is 11.0. The first kappa shape index (κ1) is 29.5. The standard InChI is InChI=1S/C49H36N2/c1-49(2)43-23-13-11-21-39(43)40-28-26-37(32-44(40)49)50(47-29-25-33-15-9-10-20-38(33)48(47)34-16-5-3-6-17-34)36-27-30-46-42(31-36)41-22-12-14-24-45(41)51(46)35-18-7-4-8-19-35/h3-32H,1-2H3. The third kappa shape index (κ3) is 4.50. The lowest BCUT2D eigenvalue weighted by Gasteiger charge is -2.30. The van der Waals surface area contributed by atoms with Gasteiger partial charge in [-0.3, -0.25) is 0 Å². The van der Waals surface area contributed by atoms with E-state index in [1.165, 1.54) is 66.0 Å². The molecule has 0 saturated heterocycles. The Morgan fingerprint density at radius 1 is 0.451 bits per heavy atom. The molecule has 0 N–H and O–H groups in total. The molecule has 2 heteroatoms. The molecule has 0 radical (unpaired) electrons. The van der Waals surface area contributed by atoms with E-state index in [9.17, 15) is 0 Å². The molecule has 51 heavy (non-hydrogen) atoms. The summed E-state index contributed by atoms with van der Waals surface area (Å²) in [5.74, 6) is 0. The van der Waals surface area contributed by atoms with E-state index in [2.05, 4.69) is 205 Å². The summed E-state index contributed by atoms with van der Waals surface area (Å²) in [5, 5.41) is 4.94. The number of rotatable bonds is 5. The highest BCUT2D eigenvalue weighted by Crippen LogP contribution is 2.52. The number of hydrogen-bond donors (Lipinski definition) is 0. The molecule has 0 amide bonds. The van der Waals surface area contributed by atoms with Crippen LogP contribution in [-0.4, -0.2) is 4.57 Å². The van der Waals surface area contributed by atoms with Crippen molar-refractivity contribution in [3.05, 3.63) is 193 Å². The van der Waals surface area contributed by atoms with E-state index in [4.69, 9.17) is 0 Å². The zero-order chi connectivity index (χ0) is 34.1. The van der Waals surface area contributed by atoms with Crippen LogP contribution in [0.1, 0.15) is 25.0 Å². The minimum atomic E-state index is -0.119. The topological polar surface area (TPSA) is 8.17 Å². The van der Waals surface area contributed by atoms with Gasteiger partial charge in [-0.05, 0) is 93.2 Å². The Labute approximate surface area is 298 Å². The van der Waals surface area contributed by atoms with Crippen molar-refractivity contribution in [2.45, 2.75) is 19.3 Å². The fourth-order valence-corrected chi connectivity index (χ4v) is 8.57. The van der Waals surface area contributed by atoms with Crippen LogP contribution in [-0.2, 0) is 5.41 Å². The van der Waals surface area contributed by atoms with Gasteiger partial charge in [-0.1, -0.05) is 141 Å². The molecule has 0 fully saturated rings. The highest BCUT2D eigenvalue weighted by atomic mass is 15.1. The highest BCUT2D eigenvalue weighted by Gasteiger charge is 2.36. The van der Waals surface area contributed by atoms with E-state index in [0.29, 0.717) is 0 Å². The number of para-hydroxylation sites is 2. The Morgan fingerprint density at radius 2 is 1.08 bits per heavy atom. The number of hydrogen-bond acceptors (Lipinski definition) is 1. The van der Waals surface area contributed by atoms with Crippen molar-refractivity contribution in [1.29, 1.82) is 0 Å². The molecule has 8 aromatic carbocycles. The van der Waals surface area contributed by atoms with Gasteiger partial charge in [-0.25, -0.2) is 0 Å². The van der Waals surface area contributed by atoms with E-state index in [1.54, 1.807) is 0 Å². The minimum Gasteiger partial charge on any atom is -0.310 e. The molecule has 0 saturated carbocycles. The van der Waals surface area contributed by atoms with Gasteiger partial charge in [-0.15, -0.1) is 0 Å². The van der Waals surface area contributed by atoms with Gasteiger partial charge in [0, 0.05) is 38.8 Å². The summed E-state index contributed by atoms with van der Waals surface area (Å²) in [4.78, 5) is 2.49. The summed E-state index contributed by atoms with van der Waals surface area (Å²) < 4.78 is 2.39. The summed E-state index contributed by atoms with van der Waals surface area (Å²) in [5.41, 5.74) is 14.7. The summed E-state index contributed by atoms with van der Waals surface area (Å²) in [7, 11) is 0. The van der Waals surface area contributed by atoms with Crippen molar-refractivity contribution in [3.8, 4) is 27.9 Å². The normalized spacial score (nSPS) is 13.1. The van der Waals surface area contributed by atoms with Crippen LogP contribution in [0.3, 0.4) is 0 Å². The van der Waals surface area contributed by atoms with Gasteiger partial charge in [0.25, 0.3) is 0 Å². The number of benzene rings is 8. The summed E-state index contributed by atoms with van der Waals surface area (Å²) in [6, 6.07) is 66.7. The van der Waals surface area contributed by atoms with E-state index in [1.807, 2.05) is 0 Å². The average Bonchev–Trinajstić information content (AvgIpc) is 3.63. The predicted molar refractivity (Wildman–Crippen MR) is 216 cm³/mol. The third-order valence-corrected chi connectivity index (χ3v) is 11.0. The maximum Gasteiger partial charge on any atom is 0.0546 e. The van der Waals surface area contributed by atoms with Crippen molar-refractivity contribution in [3.63, 3.8) is 0 Å². The lowest BCUT2D eigenvalue weighted by Crippen LogP contribution is -2.17. The fraction of sp³-hybridized carbons (Fsp3) is 0.0612. The molecule has 1 aliphatic rings. The van der Waals surface area contributed by atoms with Gasteiger partial charge >= 0.3 is 0 Å². The van der Waals surface area contributed by atoms with E-state index >= 15 is 0 Å². The van der Waals surface area contributed by atoms with Crippen molar-refractivity contribution >= 4 is 49.6 Å². The van der Waals surface area contributed by atoms with Crippen LogP contribution in [0.5, 0.6) is 0 Å². The Hall–Kier alpha value is -6.38. The first-order chi connectivity index (χ1) is 25.1. The van der Waals surface area contributed by atoms with Crippen molar-refractivity contribution in [2.24, 2.45) is 0 Å². The highest BCUT2D eigenvalue weighted by molar-refractivity contribution is 6.11. The maximum atomic E-state index is 2.49. The van der Waals surface area contributed by atoms with Crippen LogP contribution < -0.4 is 4.90 Å². The molecule has 242 valence electrons. The van der Waals surface area contributed by atoms with Crippen LogP contribution >= 0.6 is 0 Å². The van der Waals surface area contributed by atoms with Gasteiger partial charge < -0.3 is 9.47 Å². The summed E-state index contributed by atoms with van der Waals surface area (Å²) in [6.45, 7) is 4.73. The molecular formula is C49H36N2. The number of fused-ring (bicyclic) bond motifs is 7. The Kier molecular flexibility index (Phi) is 6.56. The second-order valence-corrected chi connectivity index (χ2v) is 14.2. The SMILES string of the molecule is CC1(C)c2ccccc2-c2ccc(N(c3ccc4c(c3)c3ccccc3n4-c3ccccc3)c3ccc4ccccc4c3-c3ccccc3)cc21. The monoisotopic (exact) mass is 652 g/mol. The van der Waals surface area contributed by atoms with Gasteiger partial charge in [0.05, 0.1) is 16.7 Å². The molecule has 0 unspecified atom stereocenters. The van der Waals surface area contributed by atoms with Crippen molar-refractivity contribution in [1.82, 2.24) is 4.57 Å². The molecule has 0 atom stereocenters. The molecule has 1 heterocycles. The Morgan fingerprint density at radius 3 is 1.92 bits per heavy atom. The first-order valence-corrected chi connectivity index (χ1v) is 17.8. The number of anilines is 3. The van der Waals surface area contributed by atoms with Crippen LogP contribution in [0.2, 0.25) is 0 Å². The Balaban J connectivity index is 1.27. The van der Waals surface area contributed by atoms with Crippen molar-refractivity contribution in [2.75, 3.05) is 4.90 Å². The molecule has 1 aromatic heterocycles. The Bertz CT molecular complexity index is 2770. The molecule has 0 bridgehead atoms. The lowest BCUT2D eigenvalue weighted by molar-refractivity contribution is 0.660. The smallest absolute Gasteiger partial charge is 0.0546 e. The largest absolute Gasteiger partial charge is 0.310 e. The van der Waals surface area contributed by atoms with E-state index < -0.39 is 0 Å². The second-order valence-electron chi connectivity index (χ2n) is 14.2. The average molecular weight is 653 g/mol. The second kappa shape index (κ2) is 11.3. The minimum absolute atomic E-state index is 0.119. The van der Waals surface area contributed by atoms with Gasteiger partial charge in [-0.2, -0.15) is 0 Å². The zero-order valence-electron chi connectivity index (χ0n) is 28.7. The molecule has 0 aliphatic heterocycles. The lowest BCUT2D eigenvalue weighted by atomic mass is 9.82. The molecule has 2 nitrogen and oxygen atoms in total. The quantitative estimate of drug-likeness (QED) is 0.180. The molecule has 0 spiro atoms. The van der Waals surface area contributed by atoms with Crippen LogP contribution in [0.15, 0.2) is 182 Å². The molecule has 1 aliphatic carbocycles.